The molecule has 0 saturated heterocycles. The molecule has 0 heterocycles. The summed E-state index contributed by atoms with van der Waals surface area (Å²) in [5.41, 5.74) is 1.14. The Morgan fingerprint density at radius 1 is 1.00 bits per heavy atom. The first kappa shape index (κ1) is 18.6. The molecule has 0 radical (unpaired) electrons. The maximum Gasteiger partial charge on any atom is 0.337 e. The van der Waals surface area contributed by atoms with E-state index in [9.17, 15) is 4.79 Å². The number of benzene rings is 2. The average Bonchev–Trinajstić information content (AvgIpc) is 2.69. The second kappa shape index (κ2) is 9.51. The molecule has 6 heteroatoms. The Morgan fingerprint density at radius 2 is 1.62 bits per heavy atom. The van der Waals surface area contributed by atoms with Crippen LogP contribution in [-0.4, -0.2) is 26.3 Å². The highest BCUT2D eigenvalue weighted by molar-refractivity contribution is 5.89. The summed E-state index contributed by atoms with van der Waals surface area (Å²) in [5, 5.41) is 17.6. The number of carbonyl (C=O) groups excluding carboxylic acids is 1. The number of methoxy groups -OCH3 is 1. The number of allylic oxidation sites excluding steroid dienone is 1. The fraction of sp³-hybridized carbons (Fsp3) is 0.150. The van der Waals surface area contributed by atoms with E-state index in [0.29, 0.717) is 29.2 Å². The Hall–Kier alpha value is -3.77. The summed E-state index contributed by atoms with van der Waals surface area (Å²) >= 11 is 0. The van der Waals surface area contributed by atoms with Crippen LogP contribution in [0.3, 0.4) is 0 Å². The van der Waals surface area contributed by atoms with E-state index >= 15 is 0 Å². The number of nitriles is 2. The van der Waals surface area contributed by atoms with Crippen molar-refractivity contribution in [1.82, 2.24) is 0 Å². The molecule has 0 N–H and O–H groups in total. The third-order valence-electron chi connectivity index (χ3n) is 3.29. The molecule has 0 aliphatic heterocycles. The van der Waals surface area contributed by atoms with Gasteiger partial charge in [0.25, 0.3) is 0 Å². The van der Waals surface area contributed by atoms with Crippen molar-refractivity contribution in [1.29, 1.82) is 10.5 Å². The van der Waals surface area contributed by atoms with E-state index in [-0.39, 0.29) is 12.2 Å². The van der Waals surface area contributed by atoms with Gasteiger partial charge in [-0.3, -0.25) is 0 Å². The molecule has 0 saturated carbocycles. The molecule has 0 amide bonds. The van der Waals surface area contributed by atoms with Crippen molar-refractivity contribution in [2.45, 2.75) is 0 Å². The zero-order valence-electron chi connectivity index (χ0n) is 14.1. The standard InChI is InChI=1S/C20H16N2O4/c1-24-20(23)17-5-3-7-19(12-17)26-9-8-25-18-6-2-4-15(11-18)10-16(13-21)14-22/h2-7,10-12H,8-9H2,1H3. The number of esters is 1. The average molecular weight is 348 g/mol. The largest absolute Gasteiger partial charge is 0.490 e. The number of rotatable bonds is 7. The van der Waals surface area contributed by atoms with Crippen molar-refractivity contribution in [3.63, 3.8) is 0 Å². The van der Waals surface area contributed by atoms with Gasteiger partial charge in [-0.15, -0.1) is 0 Å². The zero-order chi connectivity index (χ0) is 18.8. The molecule has 26 heavy (non-hydrogen) atoms. The number of hydrogen-bond donors (Lipinski definition) is 0. The third kappa shape index (κ3) is 5.40. The second-order valence-corrected chi connectivity index (χ2v) is 5.07. The van der Waals surface area contributed by atoms with Crippen molar-refractivity contribution in [3.8, 4) is 23.6 Å². The van der Waals surface area contributed by atoms with Crippen LogP contribution in [0.15, 0.2) is 54.1 Å². The highest BCUT2D eigenvalue weighted by Gasteiger charge is 2.06. The number of carbonyl (C=O) groups is 1. The molecule has 0 atom stereocenters. The molecule has 2 aromatic carbocycles. The van der Waals surface area contributed by atoms with Crippen LogP contribution in [-0.2, 0) is 4.74 Å². The van der Waals surface area contributed by atoms with Crippen LogP contribution in [0.1, 0.15) is 15.9 Å². The summed E-state index contributed by atoms with van der Waals surface area (Å²) in [6.07, 6.45) is 1.49. The molecule has 2 aromatic rings. The Balaban J connectivity index is 1.89. The van der Waals surface area contributed by atoms with Crippen LogP contribution in [0.25, 0.3) is 6.08 Å². The normalized spacial score (nSPS) is 9.35. The lowest BCUT2D eigenvalue weighted by molar-refractivity contribution is 0.0600. The predicted molar refractivity (Wildman–Crippen MR) is 94.4 cm³/mol. The first-order valence-electron chi connectivity index (χ1n) is 7.72. The smallest absolute Gasteiger partial charge is 0.337 e. The van der Waals surface area contributed by atoms with Gasteiger partial charge in [0.2, 0.25) is 0 Å². The molecular weight excluding hydrogens is 332 g/mol. The zero-order valence-corrected chi connectivity index (χ0v) is 14.1. The summed E-state index contributed by atoms with van der Waals surface area (Å²) in [6, 6.07) is 17.4. The van der Waals surface area contributed by atoms with E-state index in [4.69, 9.17) is 20.0 Å². The fourth-order valence-electron chi connectivity index (χ4n) is 2.10. The molecule has 0 aromatic heterocycles. The molecular formula is C20H16N2O4. The van der Waals surface area contributed by atoms with Crippen molar-refractivity contribution in [3.05, 3.63) is 65.2 Å². The first-order valence-corrected chi connectivity index (χ1v) is 7.72. The quantitative estimate of drug-likeness (QED) is 0.433. The van der Waals surface area contributed by atoms with E-state index in [0.717, 1.165) is 0 Å². The predicted octanol–water partition coefficient (Wildman–Crippen LogP) is 3.36. The Labute approximate surface area is 151 Å². The lowest BCUT2D eigenvalue weighted by atomic mass is 10.1. The minimum absolute atomic E-state index is 0.0240. The molecule has 6 nitrogen and oxygen atoms in total. The van der Waals surface area contributed by atoms with Crippen LogP contribution in [0.5, 0.6) is 11.5 Å². The maximum absolute atomic E-state index is 11.5. The van der Waals surface area contributed by atoms with Gasteiger partial charge in [-0.25, -0.2) is 4.79 Å². The van der Waals surface area contributed by atoms with Gasteiger partial charge in [0.15, 0.2) is 0 Å². The van der Waals surface area contributed by atoms with Gasteiger partial charge in [0, 0.05) is 0 Å². The SMILES string of the molecule is COC(=O)c1cccc(OCCOc2cccc(C=C(C#N)C#N)c2)c1. The van der Waals surface area contributed by atoms with Crippen LogP contribution in [0, 0.1) is 22.7 Å². The highest BCUT2D eigenvalue weighted by Crippen LogP contribution is 2.17. The molecule has 0 aliphatic carbocycles. The van der Waals surface area contributed by atoms with Crippen molar-refractivity contribution in [2.75, 3.05) is 20.3 Å². The summed E-state index contributed by atoms with van der Waals surface area (Å²) in [7, 11) is 1.32. The van der Waals surface area contributed by atoms with Gasteiger partial charge in [-0.1, -0.05) is 18.2 Å². The van der Waals surface area contributed by atoms with Crippen LogP contribution in [0.4, 0.5) is 0 Å². The number of nitrogens with zero attached hydrogens (tertiary/aromatic N) is 2. The van der Waals surface area contributed by atoms with E-state index < -0.39 is 5.97 Å². The van der Waals surface area contributed by atoms with Crippen LogP contribution < -0.4 is 9.47 Å². The minimum atomic E-state index is -0.425. The highest BCUT2D eigenvalue weighted by atomic mass is 16.5. The van der Waals surface area contributed by atoms with Gasteiger partial charge < -0.3 is 14.2 Å². The minimum Gasteiger partial charge on any atom is -0.490 e. The second-order valence-electron chi connectivity index (χ2n) is 5.07. The lowest BCUT2D eigenvalue weighted by Gasteiger charge is -2.09. The molecule has 0 spiro atoms. The van der Waals surface area contributed by atoms with Crippen LogP contribution in [0.2, 0.25) is 0 Å². The Bertz CT molecular complexity index is 875. The lowest BCUT2D eigenvalue weighted by Crippen LogP contribution is -2.09. The van der Waals surface area contributed by atoms with Gasteiger partial charge >= 0.3 is 5.97 Å². The van der Waals surface area contributed by atoms with Crippen molar-refractivity contribution >= 4 is 12.0 Å². The monoisotopic (exact) mass is 348 g/mol. The number of ether oxygens (including phenoxy) is 3. The summed E-state index contributed by atoms with van der Waals surface area (Å²) in [5.74, 6) is 0.715. The van der Waals surface area contributed by atoms with E-state index in [1.807, 2.05) is 12.1 Å². The number of hydrogen-bond acceptors (Lipinski definition) is 6. The third-order valence-corrected chi connectivity index (χ3v) is 3.29. The van der Waals surface area contributed by atoms with E-state index in [2.05, 4.69) is 4.74 Å². The van der Waals surface area contributed by atoms with Gasteiger partial charge in [0.05, 0.1) is 12.7 Å². The van der Waals surface area contributed by atoms with Crippen LogP contribution >= 0.6 is 0 Å². The molecule has 130 valence electrons. The molecule has 0 aliphatic rings. The van der Waals surface area contributed by atoms with Crippen molar-refractivity contribution in [2.24, 2.45) is 0 Å². The molecule has 0 bridgehead atoms. The van der Waals surface area contributed by atoms with E-state index in [1.54, 1.807) is 48.5 Å². The maximum atomic E-state index is 11.5. The van der Waals surface area contributed by atoms with Gasteiger partial charge in [0.1, 0.15) is 42.4 Å². The summed E-state index contributed by atoms with van der Waals surface area (Å²) in [6.45, 7) is 0.575. The topological polar surface area (TPSA) is 92.3 Å². The molecule has 0 fully saturated rings. The summed E-state index contributed by atoms with van der Waals surface area (Å²) in [4.78, 5) is 11.5. The molecule has 2 rings (SSSR count). The summed E-state index contributed by atoms with van der Waals surface area (Å²) < 4.78 is 15.8. The fourth-order valence-corrected chi connectivity index (χ4v) is 2.10. The Morgan fingerprint density at radius 3 is 2.23 bits per heavy atom. The Kier molecular flexibility index (Phi) is 6.79. The molecule has 0 unspecified atom stereocenters. The first-order chi connectivity index (χ1) is 12.7. The van der Waals surface area contributed by atoms with Crippen molar-refractivity contribution < 1.29 is 19.0 Å². The van der Waals surface area contributed by atoms with E-state index in [1.165, 1.54) is 13.2 Å². The van der Waals surface area contributed by atoms with Gasteiger partial charge in [-0.2, -0.15) is 10.5 Å². The van der Waals surface area contributed by atoms with Gasteiger partial charge in [-0.05, 0) is 42.0 Å².